The Hall–Kier alpha value is -1.19. The van der Waals surface area contributed by atoms with Crippen molar-refractivity contribution < 1.29 is 59.5 Å². The van der Waals surface area contributed by atoms with Crippen LogP contribution < -0.4 is 0 Å². The summed E-state index contributed by atoms with van der Waals surface area (Å²) in [6, 6.07) is 0. The van der Waals surface area contributed by atoms with Gasteiger partial charge in [0.25, 0.3) is 0 Å². The highest BCUT2D eigenvalue weighted by molar-refractivity contribution is 5.76. The van der Waals surface area contributed by atoms with Crippen molar-refractivity contribution >= 4 is 5.97 Å². The van der Waals surface area contributed by atoms with E-state index >= 15 is 0 Å². The molecule has 0 unspecified atom stereocenters. The van der Waals surface area contributed by atoms with E-state index in [4.69, 9.17) is 18.9 Å². The molecule has 6 fully saturated rings. The number of carboxylic acids is 1. The van der Waals surface area contributed by atoms with Crippen molar-refractivity contribution in [3.05, 3.63) is 11.6 Å². The summed E-state index contributed by atoms with van der Waals surface area (Å²) in [7, 11) is 0. The normalized spacial score (nSPS) is 53.9. The molecule has 0 aromatic heterocycles. The minimum atomic E-state index is -1.64. The van der Waals surface area contributed by atoms with E-state index in [1.54, 1.807) is 0 Å². The fourth-order valence-corrected chi connectivity index (χ4v) is 13.6. The Morgan fingerprint density at radius 2 is 1.46 bits per heavy atom. The van der Waals surface area contributed by atoms with Crippen LogP contribution >= 0.6 is 0 Å². The van der Waals surface area contributed by atoms with Crippen molar-refractivity contribution in [1.29, 1.82) is 0 Å². The maximum absolute atomic E-state index is 13.1. The second-order valence-electron chi connectivity index (χ2n) is 20.7. The van der Waals surface area contributed by atoms with E-state index in [0.717, 1.165) is 57.8 Å². The first-order valence-electron chi connectivity index (χ1n) is 20.6. The molecule has 0 bridgehead atoms. The molecule has 2 heterocycles. The van der Waals surface area contributed by atoms with Gasteiger partial charge in [0, 0.05) is 0 Å². The average Bonchev–Trinajstić information content (AvgIpc) is 3.10. The third kappa shape index (κ3) is 5.93. The number of aliphatic hydroxyl groups is 6. The number of hydrogen-bond acceptors (Lipinski definition) is 11. The molecule has 12 nitrogen and oxygen atoms in total. The SMILES string of the molecule is C[C@@H]1O[C@@H](O[C@H]2[C@H](O[C@H]3CC[C@]4(C)[C@H]5CC=C6[C@@H]7CC(C)(C)CC[C@]7(C(=O)O)CC[C@@]6(C)[C@]5(C)CC[C@H]4C3(C)C)O[C@H](CO)[C@H](O)[C@@H]2O)[C@H](O)[C@H](O)[C@H]1O. The monoisotopic (exact) mass is 764 g/mol. The Morgan fingerprint density at radius 1 is 0.778 bits per heavy atom. The zero-order valence-corrected chi connectivity index (χ0v) is 33.6. The van der Waals surface area contributed by atoms with Gasteiger partial charge in [-0.3, -0.25) is 4.79 Å². The summed E-state index contributed by atoms with van der Waals surface area (Å²) >= 11 is 0. The molecular weight excluding hydrogens is 696 g/mol. The van der Waals surface area contributed by atoms with Crippen molar-refractivity contribution in [3.63, 3.8) is 0 Å². The molecule has 0 amide bonds. The fraction of sp³-hybridized carbons (Fsp3) is 0.929. The molecule has 2 aliphatic heterocycles. The Balaban J connectivity index is 1.15. The van der Waals surface area contributed by atoms with Crippen LogP contribution in [0.4, 0.5) is 0 Å². The number of carboxylic acid groups (broad SMARTS) is 1. The Labute approximate surface area is 320 Å². The summed E-state index contributed by atoms with van der Waals surface area (Å²) in [5.74, 6) is 0.0894. The molecule has 4 saturated carbocycles. The van der Waals surface area contributed by atoms with Gasteiger partial charge >= 0.3 is 5.97 Å². The first kappa shape index (κ1) is 41.0. The zero-order chi connectivity index (χ0) is 39.6. The second kappa shape index (κ2) is 13.7. The molecule has 7 aliphatic rings. The molecule has 7 N–H and O–H groups in total. The van der Waals surface area contributed by atoms with Gasteiger partial charge in [0.2, 0.25) is 0 Å². The van der Waals surface area contributed by atoms with E-state index in [-0.39, 0.29) is 45.0 Å². The minimum absolute atomic E-state index is 0.00547. The summed E-state index contributed by atoms with van der Waals surface area (Å²) in [5, 5.41) is 74.3. The first-order chi connectivity index (χ1) is 25.1. The van der Waals surface area contributed by atoms with E-state index in [1.807, 2.05) is 0 Å². The Kier molecular flexibility index (Phi) is 10.4. The van der Waals surface area contributed by atoms with Gasteiger partial charge in [-0.2, -0.15) is 0 Å². The van der Waals surface area contributed by atoms with Gasteiger partial charge in [0.1, 0.15) is 42.7 Å². The van der Waals surface area contributed by atoms with Crippen molar-refractivity contribution in [2.45, 2.75) is 187 Å². The molecule has 0 aromatic carbocycles. The third-order valence-corrected chi connectivity index (χ3v) is 17.2. The molecule has 0 aromatic rings. The highest BCUT2D eigenvalue weighted by atomic mass is 16.8. The molecule has 0 spiro atoms. The molecule has 12 heteroatoms. The minimum Gasteiger partial charge on any atom is -0.481 e. The highest BCUT2D eigenvalue weighted by Crippen LogP contribution is 2.76. The van der Waals surface area contributed by atoms with Crippen LogP contribution in [-0.2, 0) is 23.7 Å². The number of fused-ring (bicyclic) bond motifs is 7. The molecule has 308 valence electrons. The lowest BCUT2D eigenvalue weighted by Gasteiger charge is -2.71. The van der Waals surface area contributed by atoms with Crippen molar-refractivity contribution in [3.8, 4) is 0 Å². The van der Waals surface area contributed by atoms with Gasteiger partial charge in [0.05, 0.1) is 24.2 Å². The number of aliphatic carboxylic acids is 1. The van der Waals surface area contributed by atoms with Crippen LogP contribution in [0.1, 0.15) is 120 Å². The van der Waals surface area contributed by atoms with E-state index in [1.165, 1.54) is 12.5 Å². The standard InChI is InChI=1S/C42H68O12/c1-21-28(44)30(46)32(48)34(51-21)54-33-31(47)29(45)24(20-43)52-35(33)53-27-12-13-39(6)25(38(27,4)5)11-14-41(8)26(39)10-9-22-23-19-37(2,3)15-17-42(23,36(49)50)18-16-40(22,41)7/h9,21,23-35,43-48H,10-20H2,1-8H3,(H,49,50)/t21-,23-,24+,25-,26+,27-,28-,29-,30+,31-,32+,33+,34-,35-,39-,40+,41+,42-/m0/s1. The van der Waals surface area contributed by atoms with Gasteiger partial charge < -0.3 is 54.7 Å². The lowest BCUT2D eigenvalue weighted by molar-refractivity contribution is -0.376. The van der Waals surface area contributed by atoms with Crippen LogP contribution in [0.5, 0.6) is 0 Å². The maximum Gasteiger partial charge on any atom is 0.310 e. The fourth-order valence-electron chi connectivity index (χ4n) is 13.6. The van der Waals surface area contributed by atoms with Gasteiger partial charge in [-0.25, -0.2) is 0 Å². The van der Waals surface area contributed by atoms with Gasteiger partial charge in [0.15, 0.2) is 12.6 Å². The second-order valence-corrected chi connectivity index (χ2v) is 20.7. The average molecular weight is 765 g/mol. The lowest BCUT2D eigenvalue weighted by Crippen LogP contribution is -2.66. The Bertz CT molecular complexity index is 1470. The predicted molar refractivity (Wildman–Crippen MR) is 197 cm³/mol. The molecule has 54 heavy (non-hydrogen) atoms. The van der Waals surface area contributed by atoms with Crippen LogP contribution in [-0.4, -0.2) is 116 Å². The third-order valence-electron chi connectivity index (χ3n) is 17.2. The summed E-state index contributed by atoms with van der Waals surface area (Å²) in [5.41, 5.74) is 0.339. The van der Waals surface area contributed by atoms with Crippen LogP contribution in [0, 0.1) is 50.2 Å². The van der Waals surface area contributed by atoms with Crippen LogP contribution in [0.3, 0.4) is 0 Å². The predicted octanol–water partition coefficient (Wildman–Crippen LogP) is 3.91. The largest absolute Gasteiger partial charge is 0.481 e. The Morgan fingerprint density at radius 3 is 2.13 bits per heavy atom. The molecule has 0 radical (unpaired) electrons. The highest BCUT2D eigenvalue weighted by Gasteiger charge is 2.69. The summed E-state index contributed by atoms with van der Waals surface area (Å²) < 4.78 is 24.6. The molecular formula is C42H68O12. The molecule has 5 aliphatic carbocycles. The summed E-state index contributed by atoms with van der Waals surface area (Å²) in [6.45, 7) is 17.5. The van der Waals surface area contributed by atoms with E-state index in [2.05, 4.69) is 54.5 Å². The molecule has 2 saturated heterocycles. The van der Waals surface area contributed by atoms with Crippen molar-refractivity contribution in [2.24, 2.45) is 50.2 Å². The van der Waals surface area contributed by atoms with Crippen LogP contribution in [0.15, 0.2) is 11.6 Å². The first-order valence-corrected chi connectivity index (χ1v) is 20.6. The molecule has 18 atom stereocenters. The zero-order valence-electron chi connectivity index (χ0n) is 33.6. The van der Waals surface area contributed by atoms with Gasteiger partial charge in [-0.15, -0.1) is 0 Å². The van der Waals surface area contributed by atoms with E-state index < -0.39 is 79.4 Å². The quantitative estimate of drug-likeness (QED) is 0.153. The number of carbonyl (C=O) groups is 1. The number of allylic oxidation sites excluding steroid dienone is 2. The van der Waals surface area contributed by atoms with Crippen LogP contribution in [0.2, 0.25) is 0 Å². The number of ether oxygens (including phenoxy) is 4. The summed E-state index contributed by atoms with van der Waals surface area (Å²) in [6.07, 6.45) is -2.83. The van der Waals surface area contributed by atoms with E-state index in [9.17, 15) is 40.5 Å². The number of rotatable bonds is 6. The topological polar surface area (TPSA) is 196 Å². The smallest absolute Gasteiger partial charge is 0.310 e. The number of hydrogen-bond donors (Lipinski definition) is 7. The van der Waals surface area contributed by atoms with Crippen molar-refractivity contribution in [1.82, 2.24) is 0 Å². The van der Waals surface area contributed by atoms with Crippen molar-refractivity contribution in [2.75, 3.05) is 6.61 Å². The molecule has 7 rings (SSSR count). The van der Waals surface area contributed by atoms with Gasteiger partial charge in [-0.1, -0.05) is 60.1 Å². The maximum atomic E-state index is 13.1. The van der Waals surface area contributed by atoms with E-state index in [0.29, 0.717) is 12.3 Å². The lowest BCUT2D eigenvalue weighted by atomic mass is 9.33. The van der Waals surface area contributed by atoms with Crippen LogP contribution in [0.25, 0.3) is 0 Å². The summed E-state index contributed by atoms with van der Waals surface area (Å²) in [4.78, 5) is 13.1. The van der Waals surface area contributed by atoms with Gasteiger partial charge in [-0.05, 0) is 116 Å². The number of aliphatic hydroxyl groups excluding tert-OH is 6.